The number of carbonyl (C=O) groups is 1. The summed E-state index contributed by atoms with van der Waals surface area (Å²) in [4.78, 5) is 27.7. The Kier molecular flexibility index (Phi) is 5.07. The average Bonchev–Trinajstić information content (AvgIpc) is 2.66. The number of hydrogen-bond acceptors (Lipinski definition) is 7. The first-order valence-electron chi connectivity index (χ1n) is 8.34. The van der Waals surface area contributed by atoms with Crippen LogP contribution in [0.5, 0.6) is 11.5 Å². The van der Waals surface area contributed by atoms with Crippen LogP contribution in [0.2, 0.25) is 0 Å². The number of phenols is 1. The van der Waals surface area contributed by atoms with Crippen molar-refractivity contribution in [3.05, 3.63) is 62.7 Å². The first-order chi connectivity index (χ1) is 12.9. The van der Waals surface area contributed by atoms with Crippen LogP contribution in [0, 0.1) is 17.0 Å². The molecule has 0 unspecified atom stereocenters. The number of carbonyl (C=O) groups excluding carboxylic acids is 1. The summed E-state index contributed by atoms with van der Waals surface area (Å²) in [6.07, 6.45) is 2.26. The lowest BCUT2D eigenvalue weighted by molar-refractivity contribution is -0.385. The SMILES string of the molecule is COc1ccc(C(=O)O/N=C2/CCCc3cc(O)c(C)cc32)cc1[N+](=O)[O-]. The predicted molar refractivity (Wildman–Crippen MR) is 97.4 cm³/mol. The van der Waals surface area contributed by atoms with E-state index >= 15 is 0 Å². The Morgan fingerprint density at radius 2 is 2.04 bits per heavy atom. The van der Waals surface area contributed by atoms with Gasteiger partial charge in [-0.3, -0.25) is 10.1 Å². The summed E-state index contributed by atoms with van der Waals surface area (Å²) in [5.74, 6) is -0.521. The lowest BCUT2D eigenvalue weighted by Gasteiger charge is -2.18. The maximum absolute atomic E-state index is 12.3. The minimum absolute atomic E-state index is 0.00442. The third-order valence-electron chi connectivity index (χ3n) is 4.44. The minimum Gasteiger partial charge on any atom is -0.508 e. The van der Waals surface area contributed by atoms with Crippen molar-refractivity contribution in [2.75, 3.05) is 7.11 Å². The van der Waals surface area contributed by atoms with Gasteiger partial charge >= 0.3 is 11.7 Å². The van der Waals surface area contributed by atoms with Crippen molar-refractivity contribution in [3.8, 4) is 11.5 Å². The summed E-state index contributed by atoms with van der Waals surface area (Å²) < 4.78 is 4.91. The fourth-order valence-corrected chi connectivity index (χ4v) is 3.00. The molecule has 1 aliphatic carbocycles. The molecule has 0 fully saturated rings. The summed E-state index contributed by atoms with van der Waals surface area (Å²) in [6.45, 7) is 1.78. The number of hydrogen-bond donors (Lipinski definition) is 1. The molecule has 1 N–H and O–H groups in total. The van der Waals surface area contributed by atoms with Crippen LogP contribution in [0.3, 0.4) is 0 Å². The predicted octanol–water partition coefficient (Wildman–Crippen LogP) is 3.51. The van der Waals surface area contributed by atoms with Crippen molar-refractivity contribution in [1.29, 1.82) is 0 Å². The highest BCUT2D eigenvalue weighted by atomic mass is 16.7. The van der Waals surface area contributed by atoms with Crippen LogP contribution in [0.15, 0.2) is 35.5 Å². The van der Waals surface area contributed by atoms with E-state index < -0.39 is 10.9 Å². The van der Waals surface area contributed by atoms with Gasteiger partial charge in [0.05, 0.1) is 23.3 Å². The maximum atomic E-state index is 12.3. The van der Waals surface area contributed by atoms with Crippen LogP contribution >= 0.6 is 0 Å². The number of rotatable bonds is 4. The second kappa shape index (κ2) is 7.45. The molecule has 0 aliphatic heterocycles. The van der Waals surface area contributed by atoms with E-state index in [1.165, 1.54) is 19.2 Å². The summed E-state index contributed by atoms with van der Waals surface area (Å²) in [5.41, 5.74) is 2.78. The van der Waals surface area contributed by atoms with E-state index in [0.717, 1.165) is 30.0 Å². The fourth-order valence-electron chi connectivity index (χ4n) is 3.00. The van der Waals surface area contributed by atoms with Gasteiger partial charge in [-0.25, -0.2) is 4.79 Å². The molecular weight excluding hydrogens is 352 g/mol. The standard InChI is InChI=1S/C19H18N2O6/c1-11-8-14-12(10-17(11)22)4-3-5-15(14)20-27-19(23)13-6-7-18(26-2)16(9-13)21(24)25/h6-10,22H,3-5H2,1-2H3/b20-15-. The van der Waals surface area contributed by atoms with Crippen molar-refractivity contribution >= 4 is 17.4 Å². The highest BCUT2D eigenvalue weighted by Gasteiger charge is 2.21. The third-order valence-corrected chi connectivity index (χ3v) is 4.44. The van der Waals surface area contributed by atoms with Gasteiger partial charge in [-0.2, -0.15) is 0 Å². The number of phenolic OH excluding ortho intramolecular Hbond substituents is 1. The van der Waals surface area contributed by atoms with Gasteiger partial charge in [0.2, 0.25) is 0 Å². The lowest BCUT2D eigenvalue weighted by Crippen LogP contribution is -2.14. The molecule has 8 nitrogen and oxygen atoms in total. The van der Waals surface area contributed by atoms with Crippen molar-refractivity contribution in [3.63, 3.8) is 0 Å². The molecule has 27 heavy (non-hydrogen) atoms. The highest BCUT2D eigenvalue weighted by molar-refractivity contribution is 6.03. The van der Waals surface area contributed by atoms with Gasteiger partial charge < -0.3 is 14.7 Å². The molecular formula is C19H18N2O6. The van der Waals surface area contributed by atoms with Crippen molar-refractivity contribution < 1.29 is 24.4 Å². The van der Waals surface area contributed by atoms with E-state index in [-0.39, 0.29) is 22.7 Å². The molecule has 0 radical (unpaired) electrons. The Labute approximate surface area is 155 Å². The van der Waals surface area contributed by atoms with Gasteiger partial charge in [0, 0.05) is 11.6 Å². The molecule has 2 aromatic carbocycles. The molecule has 2 aromatic rings. The molecule has 0 spiro atoms. The lowest BCUT2D eigenvalue weighted by atomic mass is 9.88. The third kappa shape index (κ3) is 3.74. The molecule has 0 heterocycles. The molecule has 0 amide bonds. The number of methoxy groups -OCH3 is 1. The Morgan fingerprint density at radius 3 is 2.74 bits per heavy atom. The first-order valence-corrected chi connectivity index (χ1v) is 8.34. The van der Waals surface area contributed by atoms with E-state index in [4.69, 9.17) is 9.57 Å². The van der Waals surface area contributed by atoms with Crippen LogP contribution < -0.4 is 4.74 Å². The van der Waals surface area contributed by atoms with Crippen LogP contribution in [0.25, 0.3) is 0 Å². The number of ether oxygens (including phenoxy) is 1. The van der Waals surface area contributed by atoms with E-state index in [0.29, 0.717) is 17.7 Å². The number of oxime groups is 1. The number of benzene rings is 2. The molecule has 0 aromatic heterocycles. The Balaban J connectivity index is 1.85. The molecule has 0 saturated heterocycles. The summed E-state index contributed by atoms with van der Waals surface area (Å²) in [7, 11) is 1.31. The molecule has 0 atom stereocenters. The zero-order valence-electron chi connectivity index (χ0n) is 14.9. The van der Waals surface area contributed by atoms with E-state index in [1.807, 2.05) is 6.07 Å². The van der Waals surface area contributed by atoms with Crippen molar-refractivity contribution in [2.45, 2.75) is 26.2 Å². The van der Waals surface area contributed by atoms with Gasteiger partial charge in [-0.05, 0) is 61.6 Å². The number of fused-ring (bicyclic) bond motifs is 1. The van der Waals surface area contributed by atoms with E-state index in [2.05, 4.69) is 5.16 Å². The molecule has 3 rings (SSSR count). The summed E-state index contributed by atoms with van der Waals surface area (Å²) in [6, 6.07) is 7.33. The Bertz CT molecular complexity index is 951. The normalized spacial score (nSPS) is 14.5. The number of aromatic hydroxyl groups is 1. The molecule has 8 heteroatoms. The van der Waals surface area contributed by atoms with Gasteiger partial charge in [-0.1, -0.05) is 5.16 Å². The maximum Gasteiger partial charge on any atom is 0.365 e. The van der Waals surface area contributed by atoms with Gasteiger partial charge in [0.15, 0.2) is 5.75 Å². The van der Waals surface area contributed by atoms with Crippen LogP contribution in [0.1, 0.15) is 39.9 Å². The number of aryl methyl sites for hydroxylation is 2. The van der Waals surface area contributed by atoms with Crippen molar-refractivity contribution in [2.24, 2.45) is 5.16 Å². The fraction of sp³-hybridized carbons (Fsp3) is 0.263. The monoisotopic (exact) mass is 370 g/mol. The summed E-state index contributed by atoms with van der Waals surface area (Å²) >= 11 is 0. The van der Waals surface area contributed by atoms with Gasteiger partial charge in [0.25, 0.3) is 0 Å². The molecule has 0 saturated carbocycles. The Morgan fingerprint density at radius 1 is 1.26 bits per heavy atom. The highest BCUT2D eigenvalue weighted by Crippen LogP contribution is 2.29. The van der Waals surface area contributed by atoms with Crippen LogP contribution in [-0.4, -0.2) is 28.8 Å². The molecule has 0 bridgehead atoms. The topological polar surface area (TPSA) is 111 Å². The molecule has 1 aliphatic rings. The quantitative estimate of drug-likeness (QED) is 0.501. The van der Waals surface area contributed by atoms with E-state index in [1.54, 1.807) is 13.0 Å². The second-order valence-electron chi connectivity index (χ2n) is 6.21. The number of nitro groups is 1. The number of nitrogens with zero attached hydrogens (tertiary/aromatic N) is 2. The van der Waals surface area contributed by atoms with Crippen LogP contribution in [0.4, 0.5) is 5.69 Å². The second-order valence-corrected chi connectivity index (χ2v) is 6.21. The van der Waals surface area contributed by atoms with Gasteiger partial charge in [0.1, 0.15) is 5.75 Å². The molecule has 140 valence electrons. The Hall–Kier alpha value is -3.42. The number of nitro benzene ring substituents is 1. The smallest absolute Gasteiger partial charge is 0.365 e. The first kappa shape index (κ1) is 18.4. The average molecular weight is 370 g/mol. The van der Waals surface area contributed by atoms with Gasteiger partial charge in [-0.15, -0.1) is 0 Å². The van der Waals surface area contributed by atoms with Crippen molar-refractivity contribution in [1.82, 2.24) is 0 Å². The largest absolute Gasteiger partial charge is 0.508 e. The summed E-state index contributed by atoms with van der Waals surface area (Å²) in [5, 5.41) is 24.9. The van der Waals surface area contributed by atoms with Crippen LogP contribution in [-0.2, 0) is 11.3 Å². The minimum atomic E-state index is -0.795. The van der Waals surface area contributed by atoms with E-state index in [9.17, 15) is 20.0 Å². The zero-order chi connectivity index (χ0) is 19.6. The zero-order valence-corrected chi connectivity index (χ0v) is 14.9.